The van der Waals surface area contributed by atoms with E-state index in [-0.39, 0.29) is 38.5 Å². The summed E-state index contributed by atoms with van der Waals surface area (Å²) >= 11 is 9.43. The van der Waals surface area contributed by atoms with Gasteiger partial charge in [-0.25, -0.2) is 9.69 Å². The number of imide groups is 2. The highest BCUT2D eigenvalue weighted by atomic mass is 79.9. The Morgan fingerprint density at radius 2 is 1.73 bits per heavy atom. The van der Waals surface area contributed by atoms with E-state index in [9.17, 15) is 34.6 Å². The fourth-order valence-electron chi connectivity index (χ4n) is 3.66. The van der Waals surface area contributed by atoms with Crippen LogP contribution in [-0.4, -0.2) is 34.8 Å². The number of benzene rings is 3. The van der Waals surface area contributed by atoms with Gasteiger partial charge in [-0.15, -0.1) is 0 Å². The lowest BCUT2D eigenvalue weighted by molar-refractivity contribution is -0.394. The minimum absolute atomic E-state index is 0.0212. The number of hydrogen-bond donors (Lipinski definition) is 1. The summed E-state index contributed by atoms with van der Waals surface area (Å²) in [5, 5.41) is 25.0. The Kier molecular flexibility index (Phi) is 7.84. The van der Waals surface area contributed by atoms with Crippen molar-refractivity contribution in [3.05, 3.63) is 95.0 Å². The number of methoxy groups -OCH3 is 1. The number of hydrogen-bond acceptors (Lipinski definition) is 9. The zero-order valence-corrected chi connectivity index (χ0v) is 22.8. The fraction of sp³-hybridized carbons (Fsp3) is 0.0800. The number of carbonyl (C=O) groups is 3. The largest absolute Gasteiger partial charge is 0.493 e. The summed E-state index contributed by atoms with van der Waals surface area (Å²) in [4.78, 5) is 60.0. The molecule has 4 rings (SSSR count). The predicted molar refractivity (Wildman–Crippen MR) is 146 cm³/mol. The molecule has 0 aliphatic carbocycles. The van der Waals surface area contributed by atoms with Gasteiger partial charge in [0.25, 0.3) is 17.5 Å². The number of nitrogens with zero attached hydrogens (tertiary/aromatic N) is 3. The maximum Gasteiger partial charge on any atom is 0.335 e. The molecule has 1 fully saturated rings. The summed E-state index contributed by atoms with van der Waals surface area (Å²) in [5.41, 5.74) is -0.374. The molecule has 4 amide bonds. The number of carbonyl (C=O) groups excluding carboxylic acids is 3. The minimum atomic E-state index is -0.945. The van der Waals surface area contributed by atoms with Gasteiger partial charge < -0.3 is 9.47 Å². The first-order valence-electron chi connectivity index (χ1n) is 11.1. The maximum absolute atomic E-state index is 13.2. The Bertz CT molecular complexity index is 1660. The molecule has 3 aromatic rings. The van der Waals surface area contributed by atoms with Gasteiger partial charge in [0.15, 0.2) is 11.5 Å². The normalized spacial score (nSPS) is 14.2. The van der Waals surface area contributed by atoms with Crippen LogP contribution in [0, 0.1) is 27.2 Å². The average molecular weight is 632 g/mol. The number of nitro groups is 2. The van der Waals surface area contributed by atoms with E-state index in [0.717, 1.165) is 28.7 Å². The van der Waals surface area contributed by atoms with Gasteiger partial charge >= 0.3 is 11.7 Å². The summed E-state index contributed by atoms with van der Waals surface area (Å²) < 4.78 is 11.2. The molecule has 1 aliphatic heterocycles. The van der Waals surface area contributed by atoms with E-state index in [2.05, 4.69) is 21.2 Å². The van der Waals surface area contributed by atoms with E-state index in [1.54, 1.807) is 13.0 Å². The van der Waals surface area contributed by atoms with Gasteiger partial charge in [0.05, 0.1) is 33.2 Å². The van der Waals surface area contributed by atoms with E-state index in [0.29, 0.717) is 5.02 Å². The number of nitrogens with one attached hydrogen (secondary N) is 1. The van der Waals surface area contributed by atoms with Crippen molar-refractivity contribution in [2.45, 2.75) is 6.92 Å². The molecule has 1 heterocycles. The number of barbiturate groups is 1. The number of amides is 4. The third kappa shape index (κ3) is 5.48. The molecule has 40 heavy (non-hydrogen) atoms. The van der Waals surface area contributed by atoms with Crippen LogP contribution in [0.2, 0.25) is 5.02 Å². The third-order valence-electron chi connectivity index (χ3n) is 5.64. The molecule has 0 saturated carbocycles. The monoisotopic (exact) mass is 630 g/mol. The van der Waals surface area contributed by atoms with Crippen molar-refractivity contribution < 1.29 is 33.7 Å². The smallest absolute Gasteiger partial charge is 0.335 e. The number of aryl methyl sites for hydroxylation is 1. The molecule has 0 aromatic heterocycles. The number of halogens is 2. The molecule has 0 atom stereocenters. The Morgan fingerprint density at radius 1 is 1.00 bits per heavy atom. The molecule has 3 aromatic carbocycles. The lowest BCUT2D eigenvalue weighted by atomic mass is 10.1. The van der Waals surface area contributed by atoms with Gasteiger partial charge in [0, 0.05) is 11.1 Å². The van der Waals surface area contributed by atoms with Gasteiger partial charge in [-0.1, -0.05) is 17.7 Å². The maximum atomic E-state index is 13.2. The van der Waals surface area contributed by atoms with Gasteiger partial charge in [-0.3, -0.25) is 35.1 Å². The number of non-ortho nitro benzene ring substituents is 1. The topological polar surface area (TPSA) is 171 Å². The second-order valence-corrected chi connectivity index (χ2v) is 9.46. The highest BCUT2D eigenvalue weighted by molar-refractivity contribution is 9.10. The Hall–Kier alpha value is -4.82. The van der Waals surface area contributed by atoms with E-state index in [1.807, 2.05) is 0 Å². The summed E-state index contributed by atoms with van der Waals surface area (Å²) in [5.74, 6) is -2.11. The van der Waals surface area contributed by atoms with Gasteiger partial charge in [-0.2, -0.15) is 0 Å². The highest BCUT2D eigenvalue weighted by Gasteiger charge is 2.37. The molecular weight excluding hydrogens is 616 g/mol. The van der Waals surface area contributed by atoms with Crippen LogP contribution >= 0.6 is 27.5 Å². The molecule has 13 nitrogen and oxygen atoms in total. The van der Waals surface area contributed by atoms with Crippen LogP contribution < -0.4 is 19.7 Å². The average Bonchev–Trinajstić information content (AvgIpc) is 2.89. The summed E-state index contributed by atoms with van der Waals surface area (Å²) in [6.45, 7) is 1.75. The third-order valence-corrected chi connectivity index (χ3v) is 6.64. The minimum Gasteiger partial charge on any atom is -0.493 e. The summed E-state index contributed by atoms with van der Waals surface area (Å²) in [7, 11) is 1.29. The van der Waals surface area contributed by atoms with Crippen molar-refractivity contribution in [3.8, 4) is 17.2 Å². The quantitative estimate of drug-likeness (QED) is 0.149. The molecule has 0 bridgehead atoms. The molecular formula is C25H16BrClN4O9. The Labute approximate surface area is 238 Å². The van der Waals surface area contributed by atoms with Crippen LogP contribution in [0.5, 0.6) is 17.2 Å². The second-order valence-electron chi connectivity index (χ2n) is 8.19. The van der Waals surface area contributed by atoms with Crippen LogP contribution in [-0.2, 0) is 9.59 Å². The molecule has 1 N–H and O–H groups in total. The molecule has 1 aliphatic rings. The van der Waals surface area contributed by atoms with E-state index in [1.165, 1.54) is 37.5 Å². The molecule has 1 saturated heterocycles. The summed E-state index contributed by atoms with van der Waals surface area (Å²) in [6.07, 6.45) is 1.22. The number of ether oxygens (including phenoxy) is 2. The van der Waals surface area contributed by atoms with Gasteiger partial charge in [0.1, 0.15) is 5.57 Å². The van der Waals surface area contributed by atoms with Crippen molar-refractivity contribution in [1.82, 2.24) is 5.32 Å². The Balaban J connectivity index is 1.72. The van der Waals surface area contributed by atoms with Crippen molar-refractivity contribution in [1.29, 1.82) is 0 Å². The van der Waals surface area contributed by atoms with Gasteiger partial charge in [-0.05, 0) is 70.4 Å². The predicted octanol–water partition coefficient (Wildman–Crippen LogP) is 5.69. The van der Waals surface area contributed by atoms with Crippen molar-refractivity contribution in [3.63, 3.8) is 0 Å². The standard InChI is InChI=1S/C25H16BrClN4O9/c1-12-3-4-14(10-18(12)27)29-24(33)16(23(32)28-25(29)34)7-13-8-17(26)22(21(9-13)39-2)40-20-6-5-15(30(35)36)11-19(20)31(37)38/h3-11H,1-2H3,(H,28,32,34)/b16-7+. The van der Waals surface area contributed by atoms with Crippen LogP contribution in [0.1, 0.15) is 11.1 Å². The zero-order valence-electron chi connectivity index (χ0n) is 20.5. The van der Waals surface area contributed by atoms with E-state index >= 15 is 0 Å². The van der Waals surface area contributed by atoms with Crippen molar-refractivity contribution >= 4 is 68.5 Å². The SMILES string of the molecule is COc1cc(/C=C2\C(=O)NC(=O)N(c3ccc(C)c(Cl)c3)C2=O)cc(Br)c1Oc1ccc([N+](=O)[O-])cc1[N+](=O)[O-]. The molecule has 204 valence electrons. The van der Waals surface area contributed by atoms with Crippen molar-refractivity contribution in [2.75, 3.05) is 12.0 Å². The molecule has 0 spiro atoms. The first-order chi connectivity index (χ1) is 18.9. The van der Waals surface area contributed by atoms with Crippen molar-refractivity contribution in [2.24, 2.45) is 0 Å². The fourth-order valence-corrected chi connectivity index (χ4v) is 4.38. The van der Waals surface area contributed by atoms with Crippen LogP contribution in [0.4, 0.5) is 21.9 Å². The molecule has 0 unspecified atom stereocenters. The molecule has 15 heteroatoms. The first-order valence-corrected chi connectivity index (χ1v) is 12.2. The van der Waals surface area contributed by atoms with Gasteiger partial charge in [0.2, 0.25) is 5.75 Å². The number of rotatable bonds is 7. The Morgan fingerprint density at radius 3 is 2.35 bits per heavy atom. The van der Waals surface area contributed by atoms with Crippen LogP contribution in [0.25, 0.3) is 6.08 Å². The highest BCUT2D eigenvalue weighted by Crippen LogP contribution is 2.43. The van der Waals surface area contributed by atoms with Crippen LogP contribution in [0.15, 0.2) is 58.6 Å². The second kappa shape index (κ2) is 11.1. The number of nitro benzene ring substituents is 2. The lowest BCUT2D eigenvalue weighted by Gasteiger charge is -2.26. The number of anilines is 1. The lowest BCUT2D eigenvalue weighted by Crippen LogP contribution is -2.54. The van der Waals surface area contributed by atoms with E-state index in [4.69, 9.17) is 21.1 Å². The molecule has 0 radical (unpaired) electrons. The first kappa shape index (κ1) is 28.2. The summed E-state index contributed by atoms with van der Waals surface area (Å²) in [6, 6.07) is 9.30. The van der Waals surface area contributed by atoms with E-state index < -0.39 is 39.1 Å². The van der Waals surface area contributed by atoms with Crippen LogP contribution in [0.3, 0.4) is 0 Å². The zero-order chi connectivity index (χ0) is 29.3. The number of urea groups is 1.